The van der Waals surface area contributed by atoms with E-state index in [0.29, 0.717) is 44.6 Å². The van der Waals surface area contributed by atoms with E-state index in [4.69, 9.17) is 4.74 Å². The molecule has 0 spiro atoms. The summed E-state index contributed by atoms with van der Waals surface area (Å²) in [6, 6.07) is 0.0135. The van der Waals surface area contributed by atoms with Crippen LogP contribution in [0.3, 0.4) is 0 Å². The first-order chi connectivity index (χ1) is 17.6. The molecule has 3 unspecified atom stereocenters. The van der Waals surface area contributed by atoms with Crippen LogP contribution in [0.4, 0.5) is 4.79 Å². The van der Waals surface area contributed by atoms with Crippen LogP contribution in [-0.2, 0) is 19.1 Å². The van der Waals surface area contributed by atoms with Gasteiger partial charge in [0.25, 0.3) is 0 Å². The van der Waals surface area contributed by atoms with E-state index in [9.17, 15) is 19.2 Å². The maximum Gasteiger partial charge on any atom is 0.410 e. The molecule has 0 aromatic rings. The molecule has 4 amide bonds. The lowest BCUT2D eigenvalue weighted by molar-refractivity contribution is -0.143. The second kappa shape index (κ2) is 11.6. The Balaban J connectivity index is 1.36. The highest BCUT2D eigenvalue weighted by molar-refractivity contribution is 5.80. The van der Waals surface area contributed by atoms with Crippen molar-refractivity contribution in [3.63, 3.8) is 0 Å². The van der Waals surface area contributed by atoms with Crippen LogP contribution in [0.25, 0.3) is 0 Å². The standard InChI is InChI=1S/C28H46N4O5/c1-18(2)37-28(36)31-17-19(3)32(21(5)34)25-11-10-24(16-26(25)31)22-6-8-23(9-7-22)27(35)30-14-12-29(13-15-30)20(4)33/h18-19,22-26H,6-17H2,1-5H3/t19-,22?,23?,24?,25?,26?/m0/s1. The quantitative estimate of drug-likeness (QED) is 0.573. The molecule has 9 heteroatoms. The van der Waals surface area contributed by atoms with Gasteiger partial charge in [0, 0.05) is 58.5 Å². The van der Waals surface area contributed by atoms with Gasteiger partial charge in [0.2, 0.25) is 17.7 Å². The molecule has 2 heterocycles. The molecule has 4 atom stereocenters. The van der Waals surface area contributed by atoms with Gasteiger partial charge in [-0.25, -0.2) is 4.79 Å². The summed E-state index contributed by atoms with van der Waals surface area (Å²) in [5.41, 5.74) is 0. The molecule has 0 N–H and O–H groups in total. The molecule has 0 aromatic carbocycles. The number of amides is 4. The number of hydrogen-bond acceptors (Lipinski definition) is 5. The van der Waals surface area contributed by atoms with Gasteiger partial charge in [0.05, 0.1) is 18.2 Å². The number of carbonyl (C=O) groups is 4. The molecule has 0 aromatic heterocycles. The molecule has 208 valence electrons. The van der Waals surface area contributed by atoms with E-state index in [1.54, 1.807) is 13.8 Å². The summed E-state index contributed by atoms with van der Waals surface area (Å²) in [6.45, 7) is 12.0. The van der Waals surface area contributed by atoms with E-state index in [2.05, 4.69) is 0 Å². The van der Waals surface area contributed by atoms with Gasteiger partial charge in [-0.05, 0) is 77.6 Å². The Morgan fingerprint density at radius 1 is 0.757 bits per heavy atom. The molecular formula is C28H46N4O5. The molecule has 2 saturated heterocycles. The van der Waals surface area contributed by atoms with Crippen molar-refractivity contribution in [3.05, 3.63) is 0 Å². The highest BCUT2D eigenvalue weighted by Gasteiger charge is 2.48. The van der Waals surface area contributed by atoms with Gasteiger partial charge >= 0.3 is 6.09 Å². The number of carbonyl (C=O) groups excluding carboxylic acids is 4. The predicted molar refractivity (Wildman–Crippen MR) is 140 cm³/mol. The molecule has 0 bridgehead atoms. The zero-order valence-electron chi connectivity index (χ0n) is 23.4. The Hall–Kier alpha value is -2.32. The van der Waals surface area contributed by atoms with Gasteiger partial charge in [-0.3, -0.25) is 14.4 Å². The third kappa shape index (κ3) is 6.06. The Kier molecular flexibility index (Phi) is 8.69. The summed E-state index contributed by atoms with van der Waals surface area (Å²) in [4.78, 5) is 58.0. The summed E-state index contributed by atoms with van der Waals surface area (Å²) >= 11 is 0. The highest BCUT2D eigenvalue weighted by atomic mass is 16.6. The number of fused-ring (bicyclic) bond motifs is 1. The van der Waals surface area contributed by atoms with E-state index in [-0.39, 0.29) is 54.0 Å². The second-order valence-corrected chi connectivity index (χ2v) is 12.0. The minimum atomic E-state index is -0.264. The van der Waals surface area contributed by atoms with E-state index in [1.165, 1.54) is 0 Å². The number of rotatable bonds is 3. The van der Waals surface area contributed by atoms with Crippen molar-refractivity contribution in [2.75, 3.05) is 32.7 Å². The zero-order valence-corrected chi connectivity index (χ0v) is 23.4. The number of nitrogens with zero attached hydrogens (tertiary/aromatic N) is 4. The van der Waals surface area contributed by atoms with Crippen molar-refractivity contribution < 1.29 is 23.9 Å². The lowest BCUT2D eigenvalue weighted by atomic mass is 9.68. The number of ether oxygens (including phenoxy) is 1. The van der Waals surface area contributed by atoms with Crippen LogP contribution >= 0.6 is 0 Å². The van der Waals surface area contributed by atoms with Gasteiger partial charge in [0.15, 0.2) is 0 Å². The van der Waals surface area contributed by atoms with Crippen molar-refractivity contribution in [2.45, 2.75) is 104 Å². The Bertz CT molecular complexity index is 863. The maximum atomic E-state index is 13.2. The van der Waals surface area contributed by atoms with E-state index < -0.39 is 0 Å². The molecular weight excluding hydrogens is 472 g/mol. The highest BCUT2D eigenvalue weighted by Crippen LogP contribution is 2.44. The van der Waals surface area contributed by atoms with Gasteiger partial charge in [-0.2, -0.15) is 0 Å². The van der Waals surface area contributed by atoms with Crippen LogP contribution in [0.1, 0.15) is 79.6 Å². The van der Waals surface area contributed by atoms with E-state index in [0.717, 1.165) is 44.9 Å². The normalized spacial score (nSPS) is 32.7. The first-order valence-electron chi connectivity index (χ1n) is 14.4. The molecule has 2 aliphatic carbocycles. The molecule has 2 aliphatic heterocycles. The summed E-state index contributed by atoms with van der Waals surface area (Å²) in [6.07, 6.45) is 6.32. The van der Waals surface area contributed by atoms with Gasteiger partial charge in [0.1, 0.15) is 0 Å². The average Bonchev–Trinajstić information content (AvgIpc) is 2.87. The molecule has 4 aliphatic rings. The summed E-state index contributed by atoms with van der Waals surface area (Å²) in [5.74, 6) is 1.54. The van der Waals surface area contributed by atoms with Crippen molar-refractivity contribution in [1.82, 2.24) is 19.6 Å². The van der Waals surface area contributed by atoms with Gasteiger partial charge in [-0.1, -0.05) is 0 Å². The lowest BCUT2D eigenvalue weighted by Gasteiger charge is -2.54. The first kappa shape index (κ1) is 27.7. The predicted octanol–water partition coefficient (Wildman–Crippen LogP) is 3.12. The van der Waals surface area contributed by atoms with Crippen molar-refractivity contribution in [1.29, 1.82) is 0 Å². The molecule has 4 rings (SSSR count). The Morgan fingerprint density at radius 3 is 1.92 bits per heavy atom. The van der Waals surface area contributed by atoms with Crippen LogP contribution < -0.4 is 0 Å². The SMILES string of the molecule is CC(=O)N1CCN(C(=O)C2CCC(C3CCC4C(C3)N(C(=O)OC(C)C)C[C@H](C)N4C(C)=O)CC2)CC1. The van der Waals surface area contributed by atoms with Gasteiger partial charge < -0.3 is 24.3 Å². The molecule has 4 fully saturated rings. The monoisotopic (exact) mass is 518 g/mol. The van der Waals surface area contributed by atoms with Crippen molar-refractivity contribution in [3.8, 4) is 0 Å². The fourth-order valence-electron chi connectivity index (χ4n) is 7.45. The van der Waals surface area contributed by atoms with Crippen LogP contribution in [-0.4, -0.2) is 100 Å². The third-order valence-corrected chi connectivity index (χ3v) is 9.27. The lowest BCUT2D eigenvalue weighted by Crippen LogP contribution is -2.67. The van der Waals surface area contributed by atoms with Crippen molar-refractivity contribution >= 4 is 23.8 Å². The fourth-order valence-corrected chi connectivity index (χ4v) is 7.45. The van der Waals surface area contributed by atoms with Crippen LogP contribution in [0.5, 0.6) is 0 Å². The third-order valence-electron chi connectivity index (χ3n) is 9.27. The van der Waals surface area contributed by atoms with Crippen molar-refractivity contribution in [2.24, 2.45) is 17.8 Å². The van der Waals surface area contributed by atoms with Crippen LogP contribution in [0, 0.1) is 17.8 Å². The number of piperazine rings is 2. The minimum absolute atomic E-state index is 0.0120. The molecule has 9 nitrogen and oxygen atoms in total. The zero-order chi connectivity index (χ0) is 26.9. The van der Waals surface area contributed by atoms with Crippen LogP contribution in [0.15, 0.2) is 0 Å². The second-order valence-electron chi connectivity index (χ2n) is 12.0. The van der Waals surface area contributed by atoms with E-state index >= 15 is 0 Å². The minimum Gasteiger partial charge on any atom is -0.447 e. The fraction of sp³-hybridized carbons (Fsp3) is 0.857. The van der Waals surface area contributed by atoms with E-state index in [1.807, 2.05) is 40.4 Å². The smallest absolute Gasteiger partial charge is 0.410 e. The maximum absolute atomic E-state index is 13.2. The topological polar surface area (TPSA) is 90.5 Å². The molecule has 0 radical (unpaired) electrons. The molecule has 37 heavy (non-hydrogen) atoms. The van der Waals surface area contributed by atoms with Crippen LogP contribution in [0.2, 0.25) is 0 Å². The molecule has 2 saturated carbocycles. The number of hydrogen-bond donors (Lipinski definition) is 0. The largest absolute Gasteiger partial charge is 0.447 e. The van der Waals surface area contributed by atoms with Gasteiger partial charge in [-0.15, -0.1) is 0 Å². The average molecular weight is 519 g/mol. The first-order valence-corrected chi connectivity index (χ1v) is 14.4. The summed E-state index contributed by atoms with van der Waals surface area (Å²) < 4.78 is 5.60. The summed E-state index contributed by atoms with van der Waals surface area (Å²) in [7, 11) is 0. The Labute approximate surface area is 221 Å². The summed E-state index contributed by atoms with van der Waals surface area (Å²) in [5, 5.41) is 0. The Morgan fingerprint density at radius 2 is 1.35 bits per heavy atom.